The van der Waals surface area contributed by atoms with E-state index >= 15 is 0 Å². The van der Waals surface area contributed by atoms with Crippen LogP contribution in [0.5, 0.6) is 0 Å². The quantitative estimate of drug-likeness (QED) is 0.426. The highest BCUT2D eigenvalue weighted by Gasteiger charge is 2.15. The number of rotatable bonds is 1. The Morgan fingerprint density at radius 3 is 2.71 bits per heavy atom. The summed E-state index contributed by atoms with van der Waals surface area (Å²) in [7, 11) is 0. The molecule has 4 N–H and O–H groups in total. The summed E-state index contributed by atoms with van der Waals surface area (Å²) in [6, 6.07) is 2.99. The number of non-ortho nitro benzene ring substituents is 1. The second-order valence-corrected chi connectivity index (χ2v) is 3.74. The van der Waals surface area contributed by atoms with Crippen molar-refractivity contribution >= 4 is 38.5 Å². The number of nitrogen functional groups attached to an aromatic ring is 2. The third-order valence-electron chi connectivity index (χ3n) is 1.90. The number of benzene rings is 1. The summed E-state index contributed by atoms with van der Waals surface area (Å²) in [5.74, 6) is 0. The first kappa shape index (κ1) is 8.76. The number of fused-ring (bicyclic) bond motifs is 1. The fourth-order valence-electron chi connectivity index (χ4n) is 1.30. The van der Waals surface area contributed by atoms with Gasteiger partial charge in [-0.15, -0.1) is 11.3 Å². The first-order valence-corrected chi connectivity index (χ1v) is 4.68. The Hall–Kier alpha value is -1.82. The Bertz CT molecular complexity index is 521. The number of anilines is 2. The van der Waals surface area contributed by atoms with E-state index in [1.165, 1.54) is 17.4 Å². The fraction of sp³-hybridized carbons (Fsp3) is 0. The third kappa shape index (κ3) is 1.16. The topological polar surface area (TPSA) is 95.2 Å². The van der Waals surface area contributed by atoms with Crippen LogP contribution in [0, 0.1) is 10.1 Å². The highest BCUT2D eigenvalue weighted by Crippen LogP contribution is 2.36. The molecule has 0 fully saturated rings. The van der Waals surface area contributed by atoms with E-state index in [4.69, 9.17) is 11.5 Å². The molecule has 2 aromatic rings. The Labute approximate surface area is 83.1 Å². The van der Waals surface area contributed by atoms with E-state index in [1.807, 2.05) is 0 Å². The van der Waals surface area contributed by atoms with Gasteiger partial charge in [0.15, 0.2) is 0 Å². The van der Waals surface area contributed by atoms with E-state index in [-0.39, 0.29) is 5.69 Å². The number of hydrogen-bond donors (Lipinski definition) is 2. The predicted molar refractivity (Wildman–Crippen MR) is 57.3 cm³/mol. The molecule has 0 saturated heterocycles. The number of nitro groups is 1. The van der Waals surface area contributed by atoms with Crippen molar-refractivity contribution in [2.45, 2.75) is 0 Å². The summed E-state index contributed by atoms with van der Waals surface area (Å²) in [6.45, 7) is 0. The average molecular weight is 209 g/mol. The number of nitrogens with zero attached hydrogens (tertiary/aromatic N) is 1. The molecule has 0 unspecified atom stereocenters. The molecule has 6 heteroatoms. The number of nitro benzene ring substituents is 1. The highest BCUT2D eigenvalue weighted by atomic mass is 32.1. The van der Waals surface area contributed by atoms with Crippen LogP contribution in [-0.2, 0) is 0 Å². The summed E-state index contributed by atoms with van der Waals surface area (Å²) in [5, 5.41) is 13.0. The fourth-order valence-corrected chi connectivity index (χ4v) is 2.22. The predicted octanol–water partition coefficient (Wildman–Crippen LogP) is 1.97. The van der Waals surface area contributed by atoms with Crippen LogP contribution in [0.25, 0.3) is 10.1 Å². The molecule has 0 aliphatic carbocycles. The molecule has 0 aliphatic heterocycles. The lowest BCUT2D eigenvalue weighted by Crippen LogP contribution is -1.92. The zero-order valence-corrected chi connectivity index (χ0v) is 7.88. The van der Waals surface area contributed by atoms with Crippen LogP contribution < -0.4 is 11.5 Å². The maximum absolute atomic E-state index is 10.7. The second-order valence-electron chi connectivity index (χ2n) is 2.86. The Kier molecular flexibility index (Phi) is 1.78. The number of hydrogen-bond acceptors (Lipinski definition) is 5. The number of thiophene rings is 1. The van der Waals surface area contributed by atoms with Gasteiger partial charge in [-0.25, -0.2) is 0 Å². The van der Waals surface area contributed by atoms with Gasteiger partial charge < -0.3 is 11.5 Å². The zero-order valence-electron chi connectivity index (χ0n) is 7.06. The smallest absolute Gasteiger partial charge is 0.289 e. The lowest BCUT2D eigenvalue weighted by atomic mass is 10.2. The first-order valence-electron chi connectivity index (χ1n) is 3.80. The van der Waals surface area contributed by atoms with Gasteiger partial charge in [0, 0.05) is 22.5 Å². The van der Waals surface area contributed by atoms with Crippen molar-refractivity contribution in [3.05, 3.63) is 27.6 Å². The van der Waals surface area contributed by atoms with Crippen molar-refractivity contribution < 1.29 is 4.92 Å². The summed E-state index contributed by atoms with van der Waals surface area (Å²) in [5.41, 5.74) is 12.1. The van der Waals surface area contributed by atoms with Gasteiger partial charge in [0.25, 0.3) is 5.69 Å². The van der Waals surface area contributed by atoms with E-state index in [0.717, 1.165) is 0 Å². The minimum Gasteiger partial charge on any atom is -0.399 e. The van der Waals surface area contributed by atoms with Gasteiger partial charge in [-0.3, -0.25) is 10.1 Å². The van der Waals surface area contributed by atoms with Gasteiger partial charge in [0.1, 0.15) is 4.70 Å². The van der Waals surface area contributed by atoms with Gasteiger partial charge in [-0.05, 0) is 6.07 Å². The molecule has 0 spiro atoms. The largest absolute Gasteiger partial charge is 0.399 e. The SMILES string of the molecule is Nc1cc([N+](=O)[O-])c2scc(N)c2c1. The standard InChI is InChI=1S/C8H7N3O2S/c9-4-1-5-6(10)3-14-8(5)7(2-4)11(12)13/h1-3H,9-10H2. The number of nitrogens with two attached hydrogens (primary N) is 2. The van der Waals surface area contributed by atoms with Gasteiger partial charge in [-0.1, -0.05) is 0 Å². The van der Waals surface area contributed by atoms with Crippen LogP contribution in [0.2, 0.25) is 0 Å². The Balaban J connectivity index is 2.88. The molecule has 14 heavy (non-hydrogen) atoms. The van der Waals surface area contributed by atoms with Crippen molar-refractivity contribution in [1.82, 2.24) is 0 Å². The van der Waals surface area contributed by atoms with Crippen molar-refractivity contribution in [1.29, 1.82) is 0 Å². The minimum atomic E-state index is -0.450. The van der Waals surface area contributed by atoms with Gasteiger partial charge in [0.2, 0.25) is 0 Å². The Morgan fingerprint density at radius 1 is 1.36 bits per heavy atom. The molecule has 2 rings (SSSR count). The molecule has 0 aliphatic rings. The molecule has 1 aromatic carbocycles. The van der Waals surface area contributed by atoms with Crippen molar-refractivity contribution in [2.75, 3.05) is 11.5 Å². The van der Waals surface area contributed by atoms with E-state index in [0.29, 0.717) is 21.5 Å². The van der Waals surface area contributed by atoms with Gasteiger partial charge in [0.05, 0.1) is 10.6 Å². The van der Waals surface area contributed by atoms with E-state index in [2.05, 4.69) is 0 Å². The van der Waals surface area contributed by atoms with Crippen molar-refractivity contribution in [2.24, 2.45) is 0 Å². The summed E-state index contributed by atoms with van der Waals surface area (Å²) in [6.07, 6.45) is 0. The molecule has 0 bridgehead atoms. The van der Waals surface area contributed by atoms with E-state index in [9.17, 15) is 10.1 Å². The summed E-state index contributed by atoms with van der Waals surface area (Å²) < 4.78 is 0.571. The first-order chi connectivity index (χ1) is 6.59. The molecule has 0 amide bonds. The lowest BCUT2D eigenvalue weighted by molar-refractivity contribution is -0.382. The highest BCUT2D eigenvalue weighted by molar-refractivity contribution is 7.18. The molecule has 72 valence electrons. The minimum absolute atomic E-state index is 0.0155. The van der Waals surface area contributed by atoms with Crippen LogP contribution in [0.15, 0.2) is 17.5 Å². The lowest BCUT2D eigenvalue weighted by Gasteiger charge is -1.97. The van der Waals surface area contributed by atoms with Gasteiger partial charge >= 0.3 is 0 Å². The van der Waals surface area contributed by atoms with Crippen LogP contribution in [0.3, 0.4) is 0 Å². The zero-order chi connectivity index (χ0) is 10.3. The normalized spacial score (nSPS) is 10.6. The van der Waals surface area contributed by atoms with Crippen LogP contribution in [-0.4, -0.2) is 4.92 Å². The molecule has 0 radical (unpaired) electrons. The summed E-state index contributed by atoms with van der Waals surface area (Å²) in [4.78, 5) is 10.2. The van der Waals surface area contributed by atoms with Crippen molar-refractivity contribution in [3.63, 3.8) is 0 Å². The molecular weight excluding hydrogens is 202 g/mol. The summed E-state index contributed by atoms with van der Waals surface area (Å²) >= 11 is 1.26. The van der Waals surface area contributed by atoms with Gasteiger partial charge in [-0.2, -0.15) is 0 Å². The molecule has 1 aromatic heterocycles. The molecule has 0 atom stereocenters. The molecular formula is C8H7N3O2S. The molecule has 0 saturated carbocycles. The Morgan fingerprint density at radius 2 is 2.07 bits per heavy atom. The van der Waals surface area contributed by atoms with E-state index < -0.39 is 4.92 Å². The monoisotopic (exact) mass is 209 g/mol. The maximum atomic E-state index is 10.7. The van der Waals surface area contributed by atoms with Crippen LogP contribution in [0.4, 0.5) is 17.1 Å². The maximum Gasteiger partial charge on any atom is 0.289 e. The third-order valence-corrected chi connectivity index (χ3v) is 2.94. The van der Waals surface area contributed by atoms with Crippen LogP contribution in [0.1, 0.15) is 0 Å². The van der Waals surface area contributed by atoms with E-state index in [1.54, 1.807) is 11.4 Å². The molecule has 1 heterocycles. The molecule has 5 nitrogen and oxygen atoms in total. The van der Waals surface area contributed by atoms with Crippen LogP contribution >= 0.6 is 11.3 Å². The average Bonchev–Trinajstić information content (AvgIpc) is 2.47. The second kappa shape index (κ2) is 2.85. The van der Waals surface area contributed by atoms with Crippen molar-refractivity contribution in [3.8, 4) is 0 Å².